The minimum atomic E-state index is -0.325. The average Bonchev–Trinajstić information content (AvgIpc) is 2.85. The van der Waals surface area contributed by atoms with Crippen LogP contribution in [-0.2, 0) is 0 Å². The van der Waals surface area contributed by atoms with Gasteiger partial charge in [-0.3, -0.25) is 4.79 Å². The fourth-order valence-electron chi connectivity index (χ4n) is 1.67. The van der Waals surface area contributed by atoms with Crippen molar-refractivity contribution in [3.63, 3.8) is 0 Å². The summed E-state index contributed by atoms with van der Waals surface area (Å²) in [6.45, 7) is 4.21. The molecule has 2 rings (SSSR count). The zero-order valence-corrected chi connectivity index (χ0v) is 11.4. The number of nitrogens with one attached hydrogen (secondary N) is 1. The van der Waals surface area contributed by atoms with Crippen molar-refractivity contribution in [2.45, 2.75) is 13.8 Å². The van der Waals surface area contributed by atoms with E-state index in [4.69, 9.17) is 9.15 Å². The maximum absolute atomic E-state index is 12.0. The Morgan fingerprint density at radius 3 is 2.85 bits per heavy atom. The first kappa shape index (κ1) is 13.9. The summed E-state index contributed by atoms with van der Waals surface area (Å²) in [7, 11) is 0. The van der Waals surface area contributed by atoms with E-state index in [1.54, 1.807) is 24.3 Å². The lowest BCUT2D eigenvalue weighted by Crippen LogP contribution is -2.18. The summed E-state index contributed by atoms with van der Waals surface area (Å²) in [5.74, 6) is 1.59. The number of amides is 1. The number of hydrazone groups is 1. The molecule has 0 atom stereocenters. The average molecular weight is 272 g/mol. The van der Waals surface area contributed by atoms with Crippen molar-refractivity contribution in [1.29, 1.82) is 0 Å². The lowest BCUT2D eigenvalue weighted by molar-refractivity contribution is 0.0951. The second-order valence-corrected chi connectivity index (χ2v) is 4.08. The Balaban J connectivity index is 2.03. The first-order chi connectivity index (χ1) is 9.70. The minimum Gasteiger partial charge on any atom is -0.493 e. The van der Waals surface area contributed by atoms with Gasteiger partial charge in [0.25, 0.3) is 5.91 Å². The molecule has 5 heteroatoms. The van der Waals surface area contributed by atoms with Crippen LogP contribution >= 0.6 is 0 Å². The molecule has 0 aliphatic rings. The summed E-state index contributed by atoms with van der Waals surface area (Å²) in [5, 5.41) is 3.86. The van der Waals surface area contributed by atoms with Gasteiger partial charge in [-0.2, -0.15) is 5.10 Å². The third kappa shape index (κ3) is 3.47. The first-order valence-corrected chi connectivity index (χ1v) is 6.32. The Bertz CT molecular complexity index is 617. The lowest BCUT2D eigenvalue weighted by Gasteiger charge is -2.07. The van der Waals surface area contributed by atoms with E-state index < -0.39 is 0 Å². The van der Waals surface area contributed by atoms with Gasteiger partial charge >= 0.3 is 0 Å². The third-order valence-electron chi connectivity index (χ3n) is 2.55. The van der Waals surface area contributed by atoms with E-state index in [9.17, 15) is 4.79 Å². The van der Waals surface area contributed by atoms with Gasteiger partial charge in [0.15, 0.2) is 0 Å². The first-order valence-electron chi connectivity index (χ1n) is 6.32. The van der Waals surface area contributed by atoms with Gasteiger partial charge in [0.05, 0.1) is 18.4 Å². The standard InChI is InChI=1S/C15H16N2O3/c1-3-19-14-7-5-4-6-13(14)15(18)17-16-10-12-9-8-11(2)20-12/h4-10H,3H2,1-2H3,(H,17,18)/b16-10-. The maximum Gasteiger partial charge on any atom is 0.275 e. The second-order valence-electron chi connectivity index (χ2n) is 4.08. The molecule has 104 valence electrons. The van der Waals surface area contributed by atoms with E-state index in [1.165, 1.54) is 6.21 Å². The summed E-state index contributed by atoms with van der Waals surface area (Å²) in [6, 6.07) is 10.6. The van der Waals surface area contributed by atoms with Crippen molar-refractivity contribution in [3.8, 4) is 5.75 Å². The summed E-state index contributed by atoms with van der Waals surface area (Å²) in [6.07, 6.45) is 1.45. The number of carbonyl (C=O) groups excluding carboxylic acids is 1. The monoisotopic (exact) mass is 272 g/mol. The van der Waals surface area contributed by atoms with E-state index >= 15 is 0 Å². The highest BCUT2D eigenvalue weighted by Crippen LogP contribution is 2.17. The van der Waals surface area contributed by atoms with E-state index in [-0.39, 0.29) is 5.91 Å². The van der Waals surface area contributed by atoms with Gasteiger partial charge in [-0.1, -0.05) is 12.1 Å². The van der Waals surface area contributed by atoms with Crippen molar-refractivity contribution in [2.75, 3.05) is 6.61 Å². The third-order valence-corrected chi connectivity index (χ3v) is 2.55. The number of hydrogen-bond donors (Lipinski definition) is 1. The van der Waals surface area contributed by atoms with Crippen LogP contribution in [-0.4, -0.2) is 18.7 Å². The normalized spacial score (nSPS) is 10.7. The van der Waals surface area contributed by atoms with Gasteiger partial charge < -0.3 is 9.15 Å². The fourth-order valence-corrected chi connectivity index (χ4v) is 1.67. The van der Waals surface area contributed by atoms with Crippen molar-refractivity contribution >= 4 is 12.1 Å². The lowest BCUT2D eigenvalue weighted by atomic mass is 10.2. The number of furan rings is 1. The predicted molar refractivity (Wildman–Crippen MR) is 76.1 cm³/mol. The summed E-state index contributed by atoms with van der Waals surface area (Å²) in [5.41, 5.74) is 2.89. The van der Waals surface area contributed by atoms with Crippen LogP contribution in [0.15, 0.2) is 45.9 Å². The van der Waals surface area contributed by atoms with Crippen molar-refractivity contribution < 1.29 is 13.9 Å². The number of nitrogens with zero attached hydrogens (tertiary/aromatic N) is 1. The van der Waals surface area contributed by atoms with Gasteiger partial charge in [0.2, 0.25) is 0 Å². The van der Waals surface area contributed by atoms with Gasteiger partial charge in [-0.15, -0.1) is 0 Å². The van der Waals surface area contributed by atoms with Crippen LogP contribution in [0.2, 0.25) is 0 Å². The smallest absolute Gasteiger partial charge is 0.275 e. The highest BCUT2D eigenvalue weighted by molar-refractivity contribution is 5.97. The van der Waals surface area contributed by atoms with Gasteiger partial charge in [-0.05, 0) is 38.1 Å². The molecule has 0 bridgehead atoms. The SMILES string of the molecule is CCOc1ccccc1C(=O)N/N=C\c1ccc(C)o1. The number of rotatable bonds is 5. The number of aryl methyl sites for hydroxylation is 1. The second kappa shape index (κ2) is 6.56. The van der Waals surface area contributed by atoms with Crippen LogP contribution in [0, 0.1) is 6.92 Å². The number of benzene rings is 1. The van der Waals surface area contributed by atoms with Gasteiger partial charge in [0.1, 0.15) is 17.3 Å². The van der Waals surface area contributed by atoms with Crippen molar-refractivity contribution in [1.82, 2.24) is 5.43 Å². The molecule has 2 aromatic rings. The molecular formula is C15H16N2O3. The molecule has 0 aliphatic heterocycles. The van der Waals surface area contributed by atoms with E-state index in [2.05, 4.69) is 10.5 Å². The minimum absolute atomic E-state index is 0.325. The van der Waals surface area contributed by atoms with E-state index in [0.29, 0.717) is 23.7 Å². The molecule has 1 aromatic carbocycles. The summed E-state index contributed by atoms with van der Waals surface area (Å²) in [4.78, 5) is 12.0. The molecule has 0 spiro atoms. The molecule has 0 saturated heterocycles. The van der Waals surface area contributed by atoms with E-state index in [0.717, 1.165) is 5.76 Å². The van der Waals surface area contributed by atoms with Crippen LogP contribution in [0.1, 0.15) is 28.8 Å². The topological polar surface area (TPSA) is 63.8 Å². The Morgan fingerprint density at radius 2 is 2.15 bits per heavy atom. The molecule has 1 aromatic heterocycles. The number of hydrogen-bond acceptors (Lipinski definition) is 4. The summed E-state index contributed by atoms with van der Waals surface area (Å²) >= 11 is 0. The van der Waals surface area contributed by atoms with Crippen molar-refractivity contribution in [3.05, 3.63) is 53.5 Å². The molecule has 5 nitrogen and oxygen atoms in total. The molecule has 1 amide bonds. The van der Waals surface area contributed by atoms with Crippen LogP contribution in [0.5, 0.6) is 5.75 Å². The predicted octanol–water partition coefficient (Wildman–Crippen LogP) is 2.75. The van der Waals surface area contributed by atoms with Crippen LogP contribution < -0.4 is 10.2 Å². The van der Waals surface area contributed by atoms with Gasteiger partial charge in [-0.25, -0.2) is 5.43 Å². The molecule has 1 N–H and O–H groups in total. The van der Waals surface area contributed by atoms with Crippen LogP contribution in [0.25, 0.3) is 0 Å². The van der Waals surface area contributed by atoms with E-state index in [1.807, 2.05) is 26.0 Å². The molecule has 0 saturated carbocycles. The Kier molecular flexibility index (Phi) is 4.55. The quantitative estimate of drug-likeness (QED) is 0.672. The Hall–Kier alpha value is -2.56. The Labute approximate surface area is 117 Å². The molecule has 20 heavy (non-hydrogen) atoms. The molecule has 0 fully saturated rings. The Morgan fingerprint density at radius 1 is 1.35 bits per heavy atom. The summed E-state index contributed by atoms with van der Waals surface area (Å²) < 4.78 is 10.7. The highest BCUT2D eigenvalue weighted by atomic mass is 16.5. The number of ether oxygens (including phenoxy) is 1. The molecule has 0 aliphatic carbocycles. The number of carbonyl (C=O) groups is 1. The zero-order chi connectivity index (χ0) is 14.4. The largest absolute Gasteiger partial charge is 0.493 e. The molecule has 0 radical (unpaired) electrons. The highest BCUT2D eigenvalue weighted by Gasteiger charge is 2.10. The van der Waals surface area contributed by atoms with Crippen molar-refractivity contribution in [2.24, 2.45) is 5.10 Å². The van der Waals surface area contributed by atoms with Crippen LogP contribution in [0.3, 0.4) is 0 Å². The fraction of sp³-hybridized carbons (Fsp3) is 0.200. The van der Waals surface area contributed by atoms with Gasteiger partial charge in [0, 0.05) is 0 Å². The molecular weight excluding hydrogens is 256 g/mol. The molecule has 1 heterocycles. The zero-order valence-electron chi connectivity index (χ0n) is 11.4. The maximum atomic E-state index is 12.0. The number of para-hydroxylation sites is 1. The van der Waals surface area contributed by atoms with Crippen LogP contribution in [0.4, 0.5) is 0 Å². The molecule has 0 unspecified atom stereocenters.